The van der Waals surface area contributed by atoms with Crippen LogP contribution in [0, 0.1) is 40.4 Å². The fraction of sp³-hybridized carbons (Fsp3) is 0. The minimum atomic E-state index is 0. The number of hydrogen-bond acceptors (Lipinski definition) is 0. The molecule has 0 aliphatic carbocycles. The molecule has 29 valence electrons. The van der Waals surface area contributed by atoms with Gasteiger partial charge in [0.1, 0.15) is 0 Å². The van der Waals surface area contributed by atoms with E-state index in [1.807, 2.05) is 0 Å². The Labute approximate surface area is 109 Å². The van der Waals surface area contributed by atoms with Gasteiger partial charge in [-0.1, -0.05) is 0 Å². The third kappa shape index (κ3) is 9.11. The predicted octanol–water partition coefficient (Wildman–Crippen LogP) is -8.99. The van der Waals surface area contributed by atoms with Crippen LogP contribution < -0.4 is 71.9 Å². The normalized spacial score (nSPS) is 0. The third-order valence-electron chi connectivity index (χ3n) is 0. The van der Waals surface area contributed by atoms with E-state index in [2.05, 4.69) is 0 Å². The molecule has 0 N–H and O–H groups in total. The maximum Gasteiger partial charge on any atom is 0 e. The molecule has 0 heterocycles. The Hall–Kier alpha value is 3.53. The molecule has 0 unspecified atom stereocenters. The zero-order valence-corrected chi connectivity index (χ0v) is 10.9. The van der Waals surface area contributed by atoms with Crippen molar-refractivity contribution < 1.29 is 112 Å². The quantitative estimate of drug-likeness (QED) is 0.276. The van der Waals surface area contributed by atoms with Crippen LogP contribution >= 0.6 is 0 Å². The van der Waals surface area contributed by atoms with Crippen molar-refractivity contribution in [1.82, 2.24) is 0 Å². The molecule has 0 rings (SSSR count). The molecule has 0 aliphatic heterocycles. The average Bonchev–Trinajstić information content (AvgIpc) is 0. The van der Waals surface area contributed by atoms with Gasteiger partial charge in [-0.15, -0.1) is 0 Å². The summed E-state index contributed by atoms with van der Waals surface area (Å²) in [7, 11) is 0. The van der Waals surface area contributed by atoms with Crippen molar-refractivity contribution in [3.63, 3.8) is 0 Å². The maximum atomic E-state index is 0. The molecule has 0 amide bonds. The second-order valence-corrected chi connectivity index (χ2v) is 0. The smallest absolute Gasteiger partial charge is 0 e. The summed E-state index contributed by atoms with van der Waals surface area (Å²) >= 11 is 0. The molecule has 0 saturated heterocycles. The summed E-state index contributed by atoms with van der Waals surface area (Å²) in [4.78, 5) is 0. The van der Waals surface area contributed by atoms with E-state index in [9.17, 15) is 0 Å². The second kappa shape index (κ2) is 16.0. The van der Waals surface area contributed by atoms with Gasteiger partial charge < -0.3 is 71.9 Å². The van der Waals surface area contributed by atoms with Crippen molar-refractivity contribution in [1.29, 1.82) is 0 Å². The van der Waals surface area contributed by atoms with Gasteiger partial charge in [-0.2, -0.15) is 0 Å². The van der Waals surface area contributed by atoms with E-state index in [1.165, 1.54) is 0 Å². The Bertz CT molecular complexity index is 3.25. The molecule has 0 aromatic rings. The monoisotopic (exact) mass is 526 g/mol. The molecular formula is I3Pm-3. The van der Waals surface area contributed by atoms with Crippen LogP contribution in [0.15, 0.2) is 0 Å². The van der Waals surface area contributed by atoms with Gasteiger partial charge in [0.15, 0.2) is 0 Å². The zero-order valence-electron chi connectivity index (χ0n) is 1.58. The first-order chi connectivity index (χ1) is 0. The molecule has 0 nitrogen and oxygen atoms in total. The fourth-order valence-electron chi connectivity index (χ4n) is 0. The van der Waals surface area contributed by atoms with Crippen molar-refractivity contribution >= 4 is 0 Å². The molecule has 0 atom stereocenters. The van der Waals surface area contributed by atoms with Gasteiger partial charge in [-0.05, 0) is 0 Å². The Morgan fingerprint density at radius 3 is 0.500 bits per heavy atom. The van der Waals surface area contributed by atoms with Crippen molar-refractivity contribution in [2.45, 2.75) is 0 Å². The molecule has 0 spiro atoms. The van der Waals surface area contributed by atoms with Crippen molar-refractivity contribution in [2.75, 3.05) is 0 Å². The molecule has 0 aliphatic rings. The Morgan fingerprint density at radius 1 is 0.500 bits per heavy atom. The first-order valence-electron chi connectivity index (χ1n) is 0. The minimum Gasteiger partial charge on any atom is -1.00 e. The molecule has 4 heteroatoms. The van der Waals surface area contributed by atoms with Crippen molar-refractivity contribution in [3.8, 4) is 0 Å². The van der Waals surface area contributed by atoms with E-state index in [4.69, 9.17) is 0 Å². The molecule has 4 heavy (non-hydrogen) atoms. The molecule has 0 aromatic heterocycles. The van der Waals surface area contributed by atoms with Crippen LogP contribution in [0.3, 0.4) is 0 Å². The fourth-order valence-corrected chi connectivity index (χ4v) is 0. The van der Waals surface area contributed by atoms with E-state index in [0.717, 1.165) is 0 Å². The third-order valence-corrected chi connectivity index (χ3v) is 0. The topological polar surface area (TPSA) is 0 Å². The summed E-state index contributed by atoms with van der Waals surface area (Å²) in [6.07, 6.45) is 0. The molecule has 0 aromatic carbocycles. The summed E-state index contributed by atoms with van der Waals surface area (Å²) in [6, 6.07) is 0. The minimum absolute atomic E-state index is 0. The molecule has 0 fully saturated rings. The van der Waals surface area contributed by atoms with Crippen LogP contribution in [-0.2, 0) is 0 Å². The van der Waals surface area contributed by atoms with Gasteiger partial charge in [0.2, 0.25) is 0 Å². The molecular weight excluding hydrogens is 526 g/mol. The van der Waals surface area contributed by atoms with Crippen LogP contribution in [0.4, 0.5) is 0 Å². The standard InChI is InChI=1S/3HI.Pm/h3*1H;/p-3. The SMILES string of the molecule is [I-].[I-].[I-].[Pm]. The van der Waals surface area contributed by atoms with Gasteiger partial charge in [0.25, 0.3) is 0 Å². The van der Waals surface area contributed by atoms with Crippen LogP contribution in [0.25, 0.3) is 0 Å². The van der Waals surface area contributed by atoms with E-state index in [-0.39, 0.29) is 112 Å². The summed E-state index contributed by atoms with van der Waals surface area (Å²) in [5, 5.41) is 0. The predicted molar refractivity (Wildman–Crippen MR) is 0 cm³/mol. The Balaban J connectivity index is 0. The van der Waals surface area contributed by atoms with Gasteiger partial charge in [-0.25, -0.2) is 0 Å². The molecule has 0 saturated carbocycles. The van der Waals surface area contributed by atoms with Gasteiger partial charge in [0.05, 0.1) is 0 Å². The Kier molecular flexibility index (Phi) is 103. The first kappa shape index (κ1) is 25.8. The second-order valence-electron chi connectivity index (χ2n) is 0. The summed E-state index contributed by atoms with van der Waals surface area (Å²) in [5.41, 5.74) is 0. The van der Waals surface area contributed by atoms with Crippen LogP contribution in [0.5, 0.6) is 0 Å². The molecule has 0 bridgehead atoms. The summed E-state index contributed by atoms with van der Waals surface area (Å²) < 4.78 is 0. The van der Waals surface area contributed by atoms with Crippen molar-refractivity contribution in [3.05, 3.63) is 0 Å². The van der Waals surface area contributed by atoms with Gasteiger partial charge in [0, 0.05) is 40.4 Å². The van der Waals surface area contributed by atoms with E-state index in [0.29, 0.717) is 0 Å². The van der Waals surface area contributed by atoms with Crippen LogP contribution in [-0.4, -0.2) is 0 Å². The van der Waals surface area contributed by atoms with E-state index >= 15 is 0 Å². The van der Waals surface area contributed by atoms with Crippen LogP contribution in [0.2, 0.25) is 0 Å². The van der Waals surface area contributed by atoms with E-state index in [1.54, 1.807) is 0 Å². The number of halogens is 3. The van der Waals surface area contributed by atoms with Gasteiger partial charge in [-0.3, -0.25) is 0 Å². The molecule has 1 radical (unpaired) electrons. The zero-order chi connectivity index (χ0) is 0. The van der Waals surface area contributed by atoms with Gasteiger partial charge >= 0.3 is 0 Å². The number of rotatable bonds is 0. The van der Waals surface area contributed by atoms with Crippen LogP contribution in [0.1, 0.15) is 0 Å². The Morgan fingerprint density at radius 2 is 0.500 bits per heavy atom. The largest absolute Gasteiger partial charge is 1.00 e. The van der Waals surface area contributed by atoms with Crippen molar-refractivity contribution in [2.24, 2.45) is 0 Å². The number of hydrogen-bond donors (Lipinski definition) is 0. The summed E-state index contributed by atoms with van der Waals surface area (Å²) in [5.74, 6) is 0. The average molecular weight is 526 g/mol. The van der Waals surface area contributed by atoms with E-state index < -0.39 is 0 Å². The maximum absolute atomic E-state index is 0. The summed E-state index contributed by atoms with van der Waals surface area (Å²) in [6.45, 7) is 0. The first-order valence-corrected chi connectivity index (χ1v) is 0.